The van der Waals surface area contributed by atoms with E-state index >= 15 is 0 Å². The van der Waals surface area contributed by atoms with Gasteiger partial charge in [-0.1, -0.05) is 12.8 Å². The van der Waals surface area contributed by atoms with E-state index in [1.807, 2.05) is 4.90 Å². The van der Waals surface area contributed by atoms with Crippen molar-refractivity contribution in [1.82, 2.24) is 19.7 Å². The summed E-state index contributed by atoms with van der Waals surface area (Å²) in [6.45, 7) is 1.97. The third-order valence-electron chi connectivity index (χ3n) is 4.80. The molecule has 2 heterocycles. The van der Waals surface area contributed by atoms with Gasteiger partial charge in [-0.3, -0.25) is 9.48 Å². The molecule has 3 rings (SSSR count). The molecule has 1 aliphatic heterocycles. The largest absolute Gasteiger partial charge is 0.389 e. The van der Waals surface area contributed by atoms with Crippen molar-refractivity contribution in [1.29, 1.82) is 0 Å². The topological polar surface area (TPSA) is 71.2 Å². The van der Waals surface area contributed by atoms with Crippen molar-refractivity contribution in [3.63, 3.8) is 0 Å². The molecule has 2 fully saturated rings. The van der Waals surface area contributed by atoms with Crippen LogP contribution >= 0.6 is 0 Å². The maximum absolute atomic E-state index is 12.3. The number of hydrogen-bond acceptors (Lipinski definition) is 4. The van der Waals surface area contributed by atoms with Crippen LogP contribution in [0.3, 0.4) is 0 Å². The second kappa shape index (κ2) is 5.52. The van der Waals surface area contributed by atoms with Crippen LogP contribution in [0, 0.1) is 5.92 Å². The summed E-state index contributed by atoms with van der Waals surface area (Å²) in [7, 11) is 0. The lowest BCUT2D eigenvalue weighted by Crippen LogP contribution is -2.54. The number of carbonyl (C=O) groups is 1. The first-order valence-electron chi connectivity index (χ1n) is 7.50. The summed E-state index contributed by atoms with van der Waals surface area (Å²) >= 11 is 0. The minimum atomic E-state index is -0.513. The molecule has 6 nitrogen and oxygen atoms in total. The van der Waals surface area contributed by atoms with Crippen LogP contribution in [0.5, 0.6) is 0 Å². The standard InChI is InChI=1S/C14H22N4O2/c19-13(4-7-18-11-15-10-16-18)17-8-6-14(20)5-2-1-3-12(14)9-17/h10-12,20H,1-9H2. The van der Waals surface area contributed by atoms with Gasteiger partial charge in [-0.05, 0) is 19.3 Å². The average molecular weight is 278 g/mol. The molecule has 1 saturated carbocycles. The van der Waals surface area contributed by atoms with Gasteiger partial charge in [-0.2, -0.15) is 5.10 Å². The number of hydrogen-bond donors (Lipinski definition) is 1. The summed E-state index contributed by atoms with van der Waals surface area (Å²) in [6.07, 6.45) is 8.53. The molecule has 1 saturated heterocycles. The molecule has 2 atom stereocenters. The number of amides is 1. The summed E-state index contributed by atoms with van der Waals surface area (Å²) in [5.41, 5.74) is -0.513. The van der Waals surface area contributed by atoms with Gasteiger partial charge in [0.15, 0.2) is 0 Å². The van der Waals surface area contributed by atoms with Gasteiger partial charge in [0.2, 0.25) is 5.91 Å². The number of aromatic nitrogens is 3. The third kappa shape index (κ3) is 2.70. The van der Waals surface area contributed by atoms with Crippen LogP contribution in [0.2, 0.25) is 0 Å². The SMILES string of the molecule is O=C(CCn1cncn1)N1CCC2(O)CCCCC2C1. The molecule has 0 bridgehead atoms. The van der Waals surface area contributed by atoms with E-state index in [4.69, 9.17) is 0 Å². The summed E-state index contributed by atoms with van der Waals surface area (Å²) in [6, 6.07) is 0. The van der Waals surface area contributed by atoms with Gasteiger partial charge in [0.25, 0.3) is 0 Å². The normalized spacial score (nSPS) is 30.1. The monoisotopic (exact) mass is 278 g/mol. The fourth-order valence-corrected chi connectivity index (χ4v) is 3.51. The number of piperidine rings is 1. The zero-order valence-electron chi connectivity index (χ0n) is 11.7. The highest BCUT2D eigenvalue weighted by Crippen LogP contribution is 2.39. The minimum absolute atomic E-state index is 0.160. The van der Waals surface area contributed by atoms with E-state index in [0.29, 0.717) is 26.1 Å². The fourth-order valence-electron chi connectivity index (χ4n) is 3.51. The molecule has 1 aliphatic carbocycles. The van der Waals surface area contributed by atoms with Gasteiger partial charge in [-0.15, -0.1) is 0 Å². The predicted octanol–water partition coefficient (Wildman–Crippen LogP) is 0.822. The number of likely N-dealkylation sites (tertiary alicyclic amines) is 1. The van der Waals surface area contributed by atoms with E-state index in [2.05, 4.69) is 10.1 Å². The first-order valence-corrected chi connectivity index (χ1v) is 7.50. The minimum Gasteiger partial charge on any atom is -0.389 e. The molecule has 1 N–H and O–H groups in total. The first kappa shape index (κ1) is 13.5. The van der Waals surface area contributed by atoms with Crippen molar-refractivity contribution in [2.75, 3.05) is 13.1 Å². The van der Waals surface area contributed by atoms with Crippen LogP contribution in [0.4, 0.5) is 0 Å². The summed E-state index contributed by atoms with van der Waals surface area (Å²) in [4.78, 5) is 18.0. The third-order valence-corrected chi connectivity index (χ3v) is 4.80. The molecule has 20 heavy (non-hydrogen) atoms. The van der Waals surface area contributed by atoms with E-state index in [-0.39, 0.29) is 11.8 Å². The second-order valence-corrected chi connectivity index (χ2v) is 6.04. The molecular weight excluding hydrogens is 256 g/mol. The van der Waals surface area contributed by atoms with Crippen molar-refractivity contribution < 1.29 is 9.90 Å². The number of aryl methyl sites for hydroxylation is 1. The molecule has 0 radical (unpaired) electrons. The van der Waals surface area contributed by atoms with Gasteiger partial charge in [-0.25, -0.2) is 4.98 Å². The van der Waals surface area contributed by atoms with Crippen molar-refractivity contribution in [3.05, 3.63) is 12.7 Å². The Labute approximate surface area is 118 Å². The number of carbonyl (C=O) groups excluding carboxylic acids is 1. The highest BCUT2D eigenvalue weighted by atomic mass is 16.3. The predicted molar refractivity (Wildman–Crippen MR) is 72.7 cm³/mol. The summed E-state index contributed by atoms with van der Waals surface area (Å²) in [5.74, 6) is 0.424. The van der Waals surface area contributed by atoms with Gasteiger partial charge in [0.1, 0.15) is 12.7 Å². The molecule has 0 spiro atoms. The van der Waals surface area contributed by atoms with Crippen molar-refractivity contribution in [2.45, 2.75) is 50.7 Å². The van der Waals surface area contributed by atoms with Crippen LogP contribution in [0.15, 0.2) is 12.7 Å². The lowest BCUT2D eigenvalue weighted by molar-refractivity contribution is -0.143. The van der Waals surface area contributed by atoms with E-state index in [9.17, 15) is 9.90 Å². The number of aliphatic hydroxyl groups is 1. The Kier molecular flexibility index (Phi) is 3.74. The maximum Gasteiger partial charge on any atom is 0.224 e. The molecule has 6 heteroatoms. The Morgan fingerprint density at radius 3 is 3.10 bits per heavy atom. The highest BCUT2D eigenvalue weighted by Gasteiger charge is 2.43. The summed E-state index contributed by atoms with van der Waals surface area (Å²) < 4.78 is 1.68. The van der Waals surface area contributed by atoms with Crippen LogP contribution < -0.4 is 0 Å². The smallest absolute Gasteiger partial charge is 0.224 e. The number of nitrogens with zero attached hydrogens (tertiary/aromatic N) is 4. The Hall–Kier alpha value is -1.43. The quantitative estimate of drug-likeness (QED) is 0.888. The van der Waals surface area contributed by atoms with Crippen LogP contribution in [0.1, 0.15) is 38.5 Å². The van der Waals surface area contributed by atoms with Crippen LogP contribution in [-0.4, -0.2) is 49.4 Å². The molecule has 1 aromatic heterocycles. The van der Waals surface area contributed by atoms with Gasteiger partial charge >= 0.3 is 0 Å². The highest BCUT2D eigenvalue weighted by molar-refractivity contribution is 5.76. The fraction of sp³-hybridized carbons (Fsp3) is 0.786. The first-order chi connectivity index (χ1) is 9.67. The lowest BCUT2D eigenvalue weighted by Gasteiger charge is -2.47. The molecule has 0 aromatic carbocycles. The van der Waals surface area contributed by atoms with Gasteiger partial charge in [0, 0.05) is 25.4 Å². The van der Waals surface area contributed by atoms with E-state index in [0.717, 1.165) is 25.7 Å². The zero-order valence-corrected chi connectivity index (χ0v) is 11.7. The molecule has 1 amide bonds. The maximum atomic E-state index is 12.3. The Balaban J connectivity index is 1.54. The lowest BCUT2D eigenvalue weighted by atomic mass is 9.71. The van der Waals surface area contributed by atoms with Crippen molar-refractivity contribution in [2.24, 2.45) is 5.92 Å². The number of rotatable bonds is 3. The molecule has 2 unspecified atom stereocenters. The van der Waals surface area contributed by atoms with Crippen LogP contribution in [0.25, 0.3) is 0 Å². The molecule has 2 aliphatic rings. The average Bonchev–Trinajstić information content (AvgIpc) is 2.97. The van der Waals surface area contributed by atoms with E-state index in [1.54, 1.807) is 11.0 Å². The molecular formula is C14H22N4O2. The van der Waals surface area contributed by atoms with E-state index < -0.39 is 5.60 Å². The van der Waals surface area contributed by atoms with Crippen LogP contribution in [-0.2, 0) is 11.3 Å². The summed E-state index contributed by atoms with van der Waals surface area (Å²) in [5, 5.41) is 14.6. The van der Waals surface area contributed by atoms with Crippen molar-refractivity contribution >= 4 is 5.91 Å². The molecule has 110 valence electrons. The second-order valence-electron chi connectivity index (χ2n) is 6.04. The number of fused-ring (bicyclic) bond motifs is 1. The van der Waals surface area contributed by atoms with Crippen molar-refractivity contribution in [3.8, 4) is 0 Å². The van der Waals surface area contributed by atoms with Gasteiger partial charge < -0.3 is 10.0 Å². The Morgan fingerprint density at radius 1 is 1.40 bits per heavy atom. The Bertz CT molecular complexity index is 462. The zero-order chi connectivity index (χ0) is 14.0. The van der Waals surface area contributed by atoms with E-state index in [1.165, 1.54) is 12.7 Å². The Morgan fingerprint density at radius 2 is 2.30 bits per heavy atom. The molecule has 1 aromatic rings. The van der Waals surface area contributed by atoms with Gasteiger partial charge in [0.05, 0.1) is 12.1 Å².